The fraction of sp³-hybridized carbons (Fsp3) is 0.280. The highest BCUT2D eigenvalue weighted by Gasteiger charge is 2.24. The van der Waals surface area contributed by atoms with E-state index in [4.69, 9.17) is 9.72 Å². The monoisotopic (exact) mass is 462 g/mol. The Morgan fingerprint density at radius 2 is 1.88 bits per heavy atom. The Hall–Kier alpha value is -3.52. The number of rotatable bonds is 5. The molecule has 0 spiro atoms. The molecular weight excluding hydrogens is 436 g/mol. The molecule has 0 saturated carbocycles. The average molecular weight is 463 g/mol. The zero-order valence-electron chi connectivity index (χ0n) is 19.6. The number of pyridine rings is 1. The minimum atomic E-state index is -0.434. The maximum Gasteiger partial charge on any atom is 0.341 e. The van der Waals surface area contributed by atoms with E-state index in [0.29, 0.717) is 27.3 Å². The van der Waals surface area contributed by atoms with Crippen molar-refractivity contribution in [1.82, 2.24) is 14.8 Å². The molecule has 0 fully saturated rings. The summed E-state index contributed by atoms with van der Waals surface area (Å²) in [5.74, 6) is -0.739. The van der Waals surface area contributed by atoms with Gasteiger partial charge in [0.25, 0.3) is 5.91 Å². The second-order valence-electron chi connectivity index (χ2n) is 7.90. The predicted molar refractivity (Wildman–Crippen MR) is 131 cm³/mol. The number of aryl methyl sites for hydroxylation is 3. The van der Waals surface area contributed by atoms with Crippen molar-refractivity contribution in [2.75, 3.05) is 11.9 Å². The molecule has 3 heterocycles. The molecule has 0 bridgehead atoms. The Balaban J connectivity index is 1.83. The number of aromatic nitrogens is 3. The third kappa shape index (κ3) is 4.02. The van der Waals surface area contributed by atoms with Crippen LogP contribution >= 0.6 is 11.3 Å². The first-order valence-corrected chi connectivity index (χ1v) is 11.5. The van der Waals surface area contributed by atoms with E-state index in [0.717, 1.165) is 32.8 Å². The molecule has 0 atom stereocenters. The summed E-state index contributed by atoms with van der Waals surface area (Å²) in [6, 6.07) is 9.34. The topological polar surface area (TPSA) is 86.1 Å². The summed E-state index contributed by atoms with van der Waals surface area (Å²) in [7, 11) is 1.89. The van der Waals surface area contributed by atoms with Crippen LogP contribution in [0.4, 0.5) is 5.00 Å². The smallest absolute Gasteiger partial charge is 0.341 e. The number of fused-ring (bicyclic) bond motifs is 1. The molecule has 0 radical (unpaired) electrons. The number of nitrogens with zero attached hydrogens (tertiary/aromatic N) is 3. The number of para-hydroxylation sites is 1. The largest absolute Gasteiger partial charge is 0.462 e. The third-order valence-corrected chi connectivity index (χ3v) is 6.94. The number of hydrogen-bond donors (Lipinski definition) is 1. The van der Waals surface area contributed by atoms with E-state index in [1.54, 1.807) is 13.0 Å². The molecule has 0 unspecified atom stereocenters. The molecule has 170 valence electrons. The van der Waals surface area contributed by atoms with Crippen molar-refractivity contribution < 1.29 is 14.3 Å². The molecule has 1 N–H and O–H groups in total. The number of carbonyl (C=O) groups is 2. The van der Waals surface area contributed by atoms with Crippen LogP contribution in [0.3, 0.4) is 0 Å². The normalized spacial score (nSPS) is 11.1. The highest BCUT2D eigenvalue weighted by Crippen LogP contribution is 2.34. The molecule has 8 heteroatoms. The van der Waals surface area contributed by atoms with Crippen molar-refractivity contribution in [3.8, 4) is 11.3 Å². The Morgan fingerprint density at radius 1 is 1.15 bits per heavy atom. The molecule has 4 aromatic rings. The zero-order valence-corrected chi connectivity index (χ0v) is 20.4. The van der Waals surface area contributed by atoms with Gasteiger partial charge in [0.2, 0.25) is 0 Å². The quantitative estimate of drug-likeness (QED) is 0.404. The summed E-state index contributed by atoms with van der Waals surface area (Å²) in [5.41, 5.74) is 5.83. The Morgan fingerprint density at radius 3 is 2.55 bits per heavy atom. The fourth-order valence-corrected chi connectivity index (χ4v) is 5.01. The van der Waals surface area contributed by atoms with Gasteiger partial charge in [-0.05, 0) is 52.3 Å². The van der Waals surface area contributed by atoms with Crippen LogP contribution in [-0.2, 0) is 11.8 Å². The lowest BCUT2D eigenvalue weighted by molar-refractivity contribution is 0.0527. The number of anilines is 1. The van der Waals surface area contributed by atoms with Crippen LogP contribution in [0.2, 0.25) is 0 Å². The summed E-state index contributed by atoms with van der Waals surface area (Å²) in [6.07, 6.45) is 0. The first-order chi connectivity index (χ1) is 15.7. The van der Waals surface area contributed by atoms with Crippen molar-refractivity contribution in [2.45, 2.75) is 34.6 Å². The number of benzene rings is 1. The molecule has 0 saturated heterocycles. The van der Waals surface area contributed by atoms with Gasteiger partial charge in [0.15, 0.2) is 0 Å². The molecule has 33 heavy (non-hydrogen) atoms. The average Bonchev–Trinajstić information content (AvgIpc) is 3.20. The van der Waals surface area contributed by atoms with Crippen LogP contribution in [0.25, 0.3) is 22.2 Å². The van der Waals surface area contributed by atoms with Crippen LogP contribution in [0, 0.1) is 27.7 Å². The van der Waals surface area contributed by atoms with Gasteiger partial charge in [0, 0.05) is 28.6 Å². The molecule has 1 aromatic carbocycles. The second-order valence-corrected chi connectivity index (χ2v) is 9.13. The van der Waals surface area contributed by atoms with Gasteiger partial charge in [-0.15, -0.1) is 11.3 Å². The van der Waals surface area contributed by atoms with Crippen molar-refractivity contribution in [1.29, 1.82) is 0 Å². The molecule has 4 rings (SSSR count). The van der Waals surface area contributed by atoms with E-state index in [1.807, 2.05) is 63.7 Å². The van der Waals surface area contributed by atoms with Gasteiger partial charge in [0.05, 0.1) is 34.6 Å². The Bertz CT molecular complexity index is 1400. The maximum atomic E-state index is 13.5. The van der Waals surface area contributed by atoms with Gasteiger partial charge in [-0.1, -0.05) is 18.2 Å². The molecule has 7 nitrogen and oxygen atoms in total. The van der Waals surface area contributed by atoms with Crippen molar-refractivity contribution in [3.63, 3.8) is 0 Å². The number of ether oxygens (including phenoxy) is 1. The van der Waals surface area contributed by atoms with Gasteiger partial charge < -0.3 is 10.1 Å². The zero-order chi connectivity index (χ0) is 23.9. The van der Waals surface area contributed by atoms with Gasteiger partial charge >= 0.3 is 5.97 Å². The number of esters is 1. The van der Waals surface area contributed by atoms with Gasteiger partial charge in [0.1, 0.15) is 5.00 Å². The van der Waals surface area contributed by atoms with Crippen molar-refractivity contribution >= 4 is 39.1 Å². The van der Waals surface area contributed by atoms with Crippen LogP contribution in [0.15, 0.2) is 30.3 Å². The van der Waals surface area contributed by atoms with Gasteiger partial charge in [-0.25, -0.2) is 9.78 Å². The first-order valence-electron chi connectivity index (χ1n) is 10.7. The summed E-state index contributed by atoms with van der Waals surface area (Å²) in [5, 5.41) is 8.69. The number of amides is 1. The third-order valence-electron chi connectivity index (χ3n) is 5.82. The van der Waals surface area contributed by atoms with Crippen LogP contribution in [-0.4, -0.2) is 33.2 Å². The summed E-state index contributed by atoms with van der Waals surface area (Å²) in [4.78, 5) is 31.9. The van der Waals surface area contributed by atoms with Gasteiger partial charge in [-0.2, -0.15) is 5.10 Å². The molecule has 3 aromatic heterocycles. The van der Waals surface area contributed by atoms with E-state index in [-0.39, 0.29) is 12.5 Å². The van der Waals surface area contributed by atoms with Crippen LogP contribution in [0.1, 0.15) is 49.5 Å². The predicted octanol–water partition coefficient (Wildman–Crippen LogP) is 5.36. The lowest BCUT2D eigenvalue weighted by Crippen LogP contribution is -2.15. The van der Waals surface area contributed by atoms with E-state index in [2.05, 4.69) is 10.4 Å². The standard InChI is InChI=1S/C25H26N4O3S/c1-7-32-25(31)21-13(2)16(5)33-24(21)27-23(30)18-12-20(22-14(3)28-29(6)15(22)4)26-19-11-9-8-10-17(18)19/h8-12H,7H2,1-6H3,(H,27,30). The Kier molecular flexibility index (Phi) is 6.03. The minimum absolute atomic E-state index is 0.267. The van der Waals surface area contributed by atoms with Crippen LogP contribution in [0.5, 0.6) is 0 Å². The maximum absolute atomic E-state index is 13.5. The fourth-order valence-electron chi connectivity index (χ4n) is 3.97. The molecule has 0 aliphatic heterocycles. The highest BCUT2D eigenvalue weighted by molar-refractivity contribution is 7.16. The summed E-state index contributed by atoms with van der Waals surface area (Å²) >= 11 is 1.37. The van der Waals surface area contributed by atoms with E-state index < -0.39 is 5.97 Å². The van der Waals surface area contributed by atoms with Gasteiger partial charge in [-0.3, -0.25) is 9.48 Å². The highest BCUT2D eigenvalue weighted by atomic mass is 32.1. The van der Waals surface area contributed by atoms with Crippen molar-refractivity contribution in [2.24, 2.45) is 7.05 Å². The SMILES string of the molecule is CCOC(=O)c1c(NC(=O)c2cc(-c3c(C)nn(C)c3C)nc3ccccc23)sc(C)c1C. The lowest BCUT2D eigenvalue weighted by atomic mass is 10.0. The van der Waals surface area contributed by atoms with Crippen molar-refractivity contribution in [3.05, 3.63) is 63.3 Å². The molecule has 1 amide bonds. The molecular formula is C25H26N4O3S. The summed E-state index contributed by atoms with van der Waals surface area (Å²) in [6.45, 7) is 9.73. The number of hydrogen-bond acceptors (Lipinski definition) is 6. The first kappa shape index (κ1) is 22.7. The second kappa shape index (κ2) is 8.78. The Labute approximate surface area is 196 Å². The number of thiophene rings is 1. The number of nitrogens with one attached hydrogen (secondary N) is 1. The summed E-state index contributed by atoms with van der Waals surface area (Å²) < 4.78 is 7.03. The van der Waals surface area contributed by atoms with Crippen LogP contribution < -0.4 is 5.32 Å². The molecule has 0 aliphatic rings. The minimum Gasteiger partial charge on any atom is -0.462 e. The van der Waals surface area contributed by atoms with E-state index in [9.17, 15) is 9.59 Å². The van der Waals surface area contributed by atoms with E-state index in [1.165, 1.54) is 11.3 Å². The number of carbonyl (C=O) groups excluding carboxylic acids is 2. The lowest BCUT2D eigenvalue weighted by Gasteiger charge is -2.11. The molecule has 0 aliphatic carbocycles. The van der Waals surface area contributed by atoms with E-state index >= 15 is 0 Å².